The number of benzene rings is 1. The highest BCUT2D eigenvalue weighted by Crippen LogP contribution is 2.39. The zero-order valence-corrected chi connectivity index (χ0v) is 25.3. The molecule has 2 aromatic heterocycles. The molecule has 1 saturated heterocycles. The van der Waals surface area contributed by atoms with Gasteiger partial charge in [-0.05, 0) is 41.5 Å². The van der Waals surface area contributed by atoms with Gasteiger partial charge >= 0.3 is 23.9 Å². The maximum Gasteiger partial charge on any atom is 0.303 e. The first-order valence-corrected chi connectivity index (χ1v) is 14.4. The van der Waals surface area contributed by atoms with Crippen LogP contribution in [-0.2, 0) is 49.3 Å². The van der Waals surface area contributed by atoms with Crippen molar-refractivity contribution in [2.24, 2.45) is 0 Å². The van der Waals surface area contributed by atoms with Gasteiger partial charge in [0.05, 0.1) is 0 Å². The Morgan fingerprint density at radius 3 is 2.19 bits per heavy atom. The number of pyridine rings is 1. The first-order valence-electron chi connectivity index (χ1n) is 13.2. The Bertz CT molecular complexity index is 1490. The van der Waals surface area contributed by atoms with Crippen molar-refractivity contribution in [3.05, 3.63) is 75.6 Å². The highest BCUT2D eigenvalue weighted by molar-refractivity contribution is 7.15. The molecule has 1 aromatic carbocycles. The molecule has 10 nitrogen and oxygen atoms in total. The summed E-state index contributed by atoms with van der Waals surface area (Å²) in [7, 11) is 0. The molecule has 1 unspecified atom stereocenters. The van der Waals surface area contributed by atoms with Crippen molar-refractivity contribution in [1.82, 2.24) is 4.98 Å². The van der Waals surface area contributed by atoms with Gasteiger partial charge in [0.15, 0.2) is 18.3 Å². The van der Waals surface area contributed by atoms with Gasteiger partial charge in [0.25, 0.3) is 0 Å². The van der Waals surface area contributed by atoms with Gasteiger partial charge in [-0.1, -0.05) is 23.7 Å². The van der Waals surface area contributed by atoms with E-state index in [0.717, 1.165) is 27.8 Å². The van der Waals surface area contributed by atoms with Gasteiger partial charge in [0, 0.05) is 60.7 Å². The van der Waals surface area contributed by atoms with Gasteiger partial charge in [-0.3, -0.25) is 19.2 Å². The number of aromatic nitrogens is 1. The summed E-state index contributed by atoms with van der Waals surface area (Å²) in [5.74, 6) is -3.28. The van der Waals surface area contributed by atoms with Crippen LogP contribution < -0.4 is 0 Å². The van der Waals surface area contributed by atoms with Gasteiger partial charge in [0.1, 0.15) is 18.8 Å². The van der Waals surface area contributed by atoms with Gasteiger partial charge in [-0.15, -0.1) is 11.3 Å². The van der Waals surface area contributed by atoms with Crippen molar-refractivity contribution in [2.45, 2.75) is 64.6 Å². The fourth-order valence-corrected chi connectivity index (χ4v) is 5.95. The molecule has 3 aromatic rings. The lowest BCUT2D eigenvalue weighted by atomic mass is 9.89. The lowest BCUT2D eigenvalue weighted by molar-refractivity contribution is -0.254. The lowest BCUT2D eigenvalue weighted by Gasteiger charge is -2.44. The summed E-state index contributed by atoms with van der Waals surface area (Å²) >= 11 is 8.07. The molecule has 13 heteroatoms. The summed E-state index contributed by atoms with van der Waals surface area (Å²) in [5, 5.41) is 0.466. The van der Waals surface area contributed by atoms with Crippen LogP contribution in [0.4, 0.5) is 4.39 Å². The SMILES string of the molecule is CC(=O)OCC1O[C@@H](c2ccc(Cl)c(Cc3ccc(-c4ccc(F)nc4)s3)c2)[C@H](OC(C)=O)[C@@H](OC(C)=O)[C@@H]1OC(C)=O. The third-order valence-electron chi connectivity index (χ3n) is 6.43. The molecule has 4 rings (SSSR count). The minimum Gasteiger partial charge on any atom is -0.463 e. The molecule has 0 radical (unpaired) electrons. The summed E-state index contributed by atoms with van der Waals surface area (Å²) in [6.07, 6.45) is -3.97. The van der Waals surface area contributed by atoms with E-state index in [0.29, 0.717) is 17.0 Å². The fraction of sp³-hybridized carbons (Fsp3) is 0.367. The number of ether oxygens (including phenoxy) is 5. The number of halogens is 2. The van der Waals surface area contributed by atoms with Crippen molar-refractivity contribution in [3.63, 3.8) is 0 Å². The molecule has 0 amide bonds. The molecular formula is C30H29ClFNO9S. The average Bonchev–Trinajstić information content (AvgIpc) is 3.39. The molecule has 1 aliphatic heterocycles. The molecule has 0 saturated carbocycles. The minimum atomic E-state index is -1.28. The monoisotopic (exact) mass is 633 g/mol. The van der Waals surface area contributed by atoms with Crippen LogP contribution in [0.3, 0.4) is 0 Å². The maximum atomic E-state index is 13.3. The Kier molecular flexibility index (Phi) is 10.5. The summed E-state index contributed by atoms with van der Waals surface area (Å²) < 4.78 is 41.3. The number of rotatable bonds is 9. The quantitative estimate of drug-likeness (QED) is 0.181. The van der Waals surface area contributed by atoms with E-state index in [1.54, 1.807) is 24.3 Å². The van der Waals surface area contributed by atoms with E-state index in [-0.39, 0.29) is 6.61 Å². The topological polar surface area (TPSA) is 127 Å². The molecule has 0 N–H and O–H groups in total. The number of hydrogen-bond donors (Lipinski definition) is 0. The number of carbonyl (C=O) groups is 4. The van der Waals surface area contributed by atoms with Gasteiger partial charge < -0.3 is 23.7 Å². The molecule has 228 valence electrons. The van der Waals surface area contributed by atoms with E-state index in [4.69, 9.17) is 35.3 Å². The minimum absolute atomic E-state index is 0.328. The second-order valence-electron chi connectivity index (χ2n) is 9.78. The third-order valence-corrected chi connectivity index (χ3v) is 7.93. The van der Waals surface area contributed by atoms with Crippen molar-refractivity contribution in [3.8, 4) is 10.4 Å². The van der Waals surface area contributed by atoms with Crippen LogP contribution in [0.1, 0.15) is 49.8 Å². The zero-order valence-electron chi connectivity index (χ0n) is 23.7. The smallest absolute Gasteiger partial charge is 0.303 e. The van der Waals surface area contributed by atoms with E-state index >= 15 is 0 Å². The van der Waals surface area contributed by atoms with E-state index in [1.807, 2.05) is 12.1 Å². The zero-order chi connectivity index (χ0) is 31.3. The lowest BCUT2D eigenvalue weighted by Crippen LogP contribution is -2.59. The molecule has 1 fully saturated rings. The summed E-state index contributed by atoms with van der Waals surface area (Å²) in [6.45, 7) is 4.39. The predicted octanol–water partition coefficient (Wildman–Crippen LogP) is 4.99. The van der Waals surface area contributed by atoms with Crippen LogP contribution in [0.5, 0.6) is 0 Å². The Morgan fingerprint density at radius 2 is 1.56 bits per heavy atom. The van der Waals surface area contributed by atoms with Crippen molar-refractivity contribution < 1.29 is 47.3 Å². The van der Waals surface area contributed by atoms with Crippen LogP contribution in [0.2, 0.25) is 5.02 Å². The third kappa shape index (κ3) is 8.37. The largest absolute Gasteiger partial charge is 0.463 e. The van der Waals surface area contributed by atoms with E-state index < -0.39 is 60.3 Å². The maximum absolute atomic E-state index is 13.3. The Labute approximate surface area is 256 Å². The number of nitrogens with zero attached hydrogens (tertiary/aromatic N) is 1. The van der Waals surface area contributed by atoms with Crippen LogP contribution in [-0.4, -0.2) is 59.9 Å². The first-order chi connectivity index (χ1) is 20.4. The number of carbonyl (C=O) groups excluding carboxylic acids is 4. The van der Waals surface area contributed by atoms with Crippen LogP contribution in [0, 0.1) is 5.95 Å². The highest BCUT2D eigenvalue weighted by Gasteiger charge is 2.52. The fourth-order valence-electron chi connectivity index (χ4n) is 4.74. The van der Waals surface area contributed by atoms with Crippen molar-refractivity contribution in [1.29, 1.82) is 0 Å². The van der Waals surface area contributed by atoms with Gasteiger partial charge in [-0.2, -0.15) is 4.39 Å². The number of hydrogen-bond acceptors (Lipinski definition) is 11. The van der Waals surface area contributed by atoms with E-state index in [1.165, 1.54) is 44.4 Å². The van der Waals surface area contributed by atoms with Gasteiger partial charge in [0.2, 0.25) is 5.95 Å². The molecule has 43 heavy (non-hydrogen) atoms. The van der Waals surface area contributed by atoms with Crippen molar-refractivity contribution >= 4 is 46.8 Å². The average molecular weight is 634 g/mol. The normalized spacial score (nSPS) is 21.5. The Morgan fingerprint density at radius 1 is 0.884 bits per heavy atom. The molecule has 3 heterocycles. The second kappa shape index (κ2) is 14.1. The van der Waals surface area contributed by atoms with Gasteiger partial charge in [-0.25, -0.2) is 4.98 Å². The number of esters is 4. The molecule has 5 atom stereocenters. The van der Waals surface area contributed by atoms with Crippen LogP contribution in [0.15, 0.2) is 48.7 Å². The summed E-state index contributed by atoms with van der Waals surface area (Å²) in [6, 6.07) is 11.9. The molecule has 0 bridgehead atoms. The Balaban J connectivity index is 1.70. The molecule has 0 aliphatic carbocycles. The summed E-state index contributed by atoms with van der Waals surface area (Å²) in [5.41, 5.74) is 2.02. The van der Waals surface area contributed by atoms with Crippen LogP contribution in [0.25, 0.3) is 10.4 Å². The molecule has 1 aliphatic rings. The predicted molar refractivity (Wildman–Crippen MR) is 153 cm³/mol. The highest BCUT2D eigenvalue weighted by atomic mass is 35.5. The molecular weight excluding hydrogens is 605 g/mol. The molecule has 0 spiro atoms. The Hall–Kier alpha value is -3.87. The first kappa shape index (κ1) is 32.1. The second-order valence-corrected chi connectivity index (χ2v) is 11.4. The summed E-state index contributed by atoms with van der Waals surface area (Å²) in [4.78, 5) is 53.5. The van der Waals surface area contributed by atoms with Crippen molar-refractivity contribution in [2.75, 3.05) is 6.61 Å². The van der Waals surface area contributed by atoms with E-state index in [9.17, 15) is 23.6 Å². The number of thiophene rings is 1. The van der Waals surface area contributed by atoms with E-state index in [2.05, 4.69) is 4.98 Å². The standard InChI is InChI=1S/C30H29ClFNO9S/c1-15(34)38-14-24-28(39-16(2)35)30(41-18(4)37)29(40-17(3)36)27(42-24)19-5-8-23(31)21(11-19)12-22-7-9-25(43-22)20-6-10-26(32)33-13-20/h5-11,13,24,27-30H,12,14H2,1-4H3/t24?,27-,28+,29-,30-/m0/s1. The van der Waals surface area contributed by atoms with Crippen LogP contribution >= 0.6 is 22.9 Å².